The zero-order valence-corrected chi connectivity index (χ0v) is 18.5. The van der Waals surface area contributed by atoms with Gasteiger partial charge in [0.1, 0.15) is 0 Å². The minimum atomic E-state index is -0.116. The maximum Gasteiger partial charge on any atom is 0.233 e. The summed E-state index contributed by atoms with van der Waals surface area (Å²) in [5.74, 6) is -0.113. The Morgan fingerprint density at radius 3 is 2.50 bits per heavy atom. The van der Waals surface area contributed by atoms with E-state index in [2.05, 4.69) is 43.9 Å². The predicted octanol–water partition coefficient (Wildman–Crippen LogP) is 4.73. The van der Waals surface area contributed by atoms with Crippen molar-refractivity contribution in [3.8, 4) is 0 Å². The number of amides is 2. The molecule has 2 aliphatic rings. The van der Waals surface area contributed by atoms with Gasteiger partial charge in [-0.05, 0) is 86.4 Å². The number of imide groups is 1. The molecule has 1 aliphatic heterocycles. The summed E-state index contributed by atoms with van der Waals surface area (Å²) in [6.07, 6.45) is 13.4. The van der Waals surface area contributed by atoms with E-state index >= 15 is 0 Å². The van der Waals surface area contributed by atoms with Crippen LogP contribution < -0.4 is 0 Å². The van der Waals surface area contributed by atoms with Gasteiger partial charge in [0.05, 0.1) is 11.8 Å². The first-order chi connectivity index (χ1) is 13.3. The summed E-state index contributed by atoms with van der Waals surface area (Å²) in [7, 11) is 4.03. The van der Waals surface area contributed by atoms with Crippen molar-refractivity contribution in [2.75, 3.05) is 27.2 Å². The van der Waals surface area contributed by atoms with Crippen LogP contribution in [0.25, 0.3) is 0 Å². The number of likely N-dealkylation sites (tertiary alicyclic amines) is 1. The zero-order valence-electron chi connectivity index (χ0n) is 18.5. The van der Waals surface area contributed by atoms with E-state index in [4.69, 9.17) is 0 Å². The molecule has 0 radical (unpaired) electrons. The van der Waals surface area contributed by atoms with Crippen LogP contribution in [0.4, 0.5) is 0 Å². The van der Waals surface area contributed by atoms with E-state index in [1.807, 2.05) is 14.1 Å². The molecule has 156 valence electrons. The fourth-order valence-corrected chi connectivity index (χ4v) is 4.17. The fraction of sp³-hybridized carbons (Fsp3) is 0.667. The number of hydrogen-bond donors (Lipinski definition) is 0. The third-order valence-electron chi connectivity index (χ3n) is 5.83. The number of carbonyl (C=O) groups is 2. The molecule has 1 aliphatic carbocycles. The van der Waals surface area contributed by atoms with Crippen molar-refractivity contribution < 1.29 is 9.59 Å². The van der Waals surface area contributed by atoms with Crippen LogP contribution in [-0.4, -0.2) is 48.8 Å². The average molecular weight is 387 g/mol. The lowest BCUT2D eigenvalue weighted by Gasteiger charge is -2.21. The Morgan fingerprint density at radius 1 is 1.11 bits per heavy atom. The van der Waals surface area contributed by atoms with Gasteiger partial charge < -0.3 is 4.90 Å². The van der Waals surface area contributed by atoms with Crippen molar-refractivity contribution in [3.63, 3.8) is 0 Å². The second kappa shape index (κ2) is 10.8. The molecule has 4 heteroatoms. The lowest BCUT2D eigenvalue weighted by atomic mass is 9.80. The van der Waals surface area contributed by atoms with Crippen molar-refractivity contribution >= 4 is 11.8 Å². The van der Waals surface area contributed by atoms with Crippen LogP contribution in [-0.2, 0) is 9.59 Å². The third-order valence-corrected chi connectivity index (χ3v) is 5.83. The standard InChI is InChI=1S/C24H38N2O2/c1-18(2)9-6-10-19(3)11-7-12-20-13-14-21-22(17-20)24(28)26(23(21)27)16-8-15-25(4)5/h9,11,13,21-22H,6-8,10,12,14-17H2,1-5H3/b19-11+. The van der Waals surface area contributed by atoms with Crippen molar-refractivity contribution in [2.24, 2.45) is 11.8 Å². The first kappa shape index (κ1) is 22.6. The molecule has 0 bridgehead atoms. The smallest absolute Gasteiger partial charge is 0.233 e. The highest BCUT2D eigenvalue weighted by molar-refractivity contribution is 6.05. The van der Waals surface area contributed by atoms with Crippen molar-refractivity contribution in [1.82, 2.24) is 9.80 Å². The minimum Gasteiger partial charge on any atom is -0.309 e. The number of hydrogen-bond acceptors (Lipinski definition) is 3. The molecule has 4 nitrogen and oxygen atoms in total. The molecule has 2 rings (SSSR count). The summed E-state index contributed by atoms with van der Waals surface area (Å²) in [6.45, 7) is 7.94. The molecule has 1 saturated heterocycles. The molecule has 0 N–H and O–H groups in total. The van der Waals surface area contributed by atoms with Gasteiger partial charge in [0.2, 0.25) is 11.8 Å². The van der Waals surface area contributed by atoms with Gasteiger partial charge >= 0.3 is 0 Å². The first-order valence-electron chi connectivity index (χ1n) is 10.8. The molecule has 0 aromatic carbocycles. The Labute approximate surface area is 171 Å². The summed E-state index contributed by atoms with van der Waals surface area (Å²) < 4.78 is 0. The number of carbonyl (C=O) groups excluding carboxylic acids is 2. The molecule has 28 heavy (non-hydrogen) atoms. The summed E-state index contributed by atoms with van der Waals surface area (Å²) in [5.41, 5.74) is 4.16. The van der Waals surface area contributed by atoms with Gasteiger partial charge in [-0.15, -0.1) is 0 Å². The summed E-state index contributed by atoms with van der Waals surface area (Å²) in [6, 6.07) is 0. The topological polar surface area (TPSA) is 40.6 Å². The summed E-state index contributed by atoms with van der Waals surface area (Å²) >= 11 is 0. The lowest BCUT2D eigenvalue weighted by molar-refractivity contribution is -0.140. The summed E-state index contributed by atoms with van der Waals surface area (Å²) in [4.78, 5) is 29.0. The normalized spacial score (nSPS) is 22.6. The van der Waals surface area contributed by atoms with E-state index in [9.17, 15) is 9.59 Å². The van der Waals surface area contributed by atoms with Crippen LogP contribution in [0, 0.1) is 11.8 Å². The molecule has 0 saturated carbocycles. The van der Waals surface area contributed by atoms with Gasteiger partial charge in [-0.1, -0.05) is 34.9 Å². The van der Waals surface area contributed by atoms with Crippen LogP contribution in [0.3, 0.4) is 0 Å². The first-order valence-corrected chi connectivity index (χ1v) is 10.8. The second-order valence-electron chi connectivity index (χ2n) is 8.91. The van der Waals surface area contributed by atoms with Crippen LogP contribution >= 0.6 is 0 Å². The van der Waals surface area contributed by atoms with Crippen LogP contribution in [0.2, 0.25) is 0 Å². The number of rotatable bonds is 10. The monoisotopic (exact) mass is 386 g/mol. The molecule has 0 aromatic rings. The van der Waals surface area contributed by atoms with E-state index < -0.39 is 0 Å². The maximum atomic E-state index is 12.8. The van der Waals surface area contributed by atoms with Crippen molar-refractivity contribution in [2.45, 2.75) is 65.7 Å². The van der Waals surface area contributed by atoms with Crippen molar-refractivity contribution in [3.05, 3.63) is 34.9 Å². The van der Waals surface area contributed by atoms with E-state index in [0.717, 1.165) is 51.5 Å². The largest absolute Gasteiger partial charge is 0.309 e. The predicted molar refractivity (Wildman–Crippen MR) is 116 cm³/mol. The number of fused-ring (bicyclic) bond motifs is 1. The van der Waals surface area contributed by atoms with Crippen LogP contribution in [0.1, 0.15) is 65.7 Å². The van der Waals surface area contributed by atoms with Gasteiger partial charge in [-0.25, -0.2) is 0 Å². The SMILES string of the molecule is CC(C)=CCC/C(C)=C/CCC1=CCC2C(=O)N(CCCN(C)C)C(=O)C2C1. The van der Waals surface area contributed by atoms with Gasteiger partial charge in [0.25, 0.3) is 0 Å². The molecule has 0 aromatic heterocycles. The van der Waals surface area contributed by atoms with E-state index in [1.165, 1.54) is 21.6 Å². The fourth-order valence-electron chi connectivity index (χ4n) is 4.17. The Bertz CT molecular complexity index is 654. The molecular formula is C24H38N2O2. The Balaban J connectivity index is 1.82. The summed E-state index contributed by atoms with van der Waals surface area (Å²) in [5, 5.41) is 0. The minimum absolute atomic E-state index is 0.0547. The molecule has 2 unspecified atom stereocenters. The molecule has 2 atom stereocenters. The molecule has 1 heterocycles. The van der Waals surface area contributed by atoms with E-state index in [0.29, 0.717) is 6.54 Å². The Morgan fingerprint density at radius 2 is 1.82 bits per heavy atom. The van der Waals surface area contributed by atoms with Gasteiger partial charge in [-0.2, -0.15) is 0 Å². The van der Waals surface area contributed by atoms with Crippen LogP contribution in [0.5, 0.6) is 0 Å². The maximum absolute atomic E-state index is 12.8. The highest BCUT2D eigenvalue weighted by Crippen LogP contribution is 2.39. The van der Waals surface area contributed by atoms with Crippen molar-refractivity contribution in [1.29, 1.82) is 0 Å². The Kier molecular flexibility index (Phi) is 8.68. The lowest BCUT2D eigenvalue weighted by Crippen LogP contribution is -2.33. The second-order valence-corrected chi connectivity index (χ2v) is 8.91. The van der Waals surface area contributed by atoms with Gasteiger partial charge in [-0.3, -0.25) is 14.5 Å². The average Bonchev–Trinajstić information content (AvgIpc) is 2.85. The molecule has 0 spiro atoms. The quantitative estimate of drug-likeness (QED) is 0.402. The molecule has 1 fully saturated rings. The third kappa shape index (κ3) is 6.44. The number of allylic oxidation sites excluding steroid dienone is 6. The molecule has 2 amide bonds. The van der Waals surface area contributed by atoms with Gasteiger partial charge in [0.15, 0.2) is 0 Å². The highest BCUT2D eigenvalue weighted by Gasteiger charge is 2.47. The number of nitrogens with zero attached hydrogens (tertiary/aromatic N) is 2. The zero-order chi connectivity index (χ0) is 20.7. The van der Waals surface area contributed by atoms with E-state index in [1.54, 1.807) is 0 Å². The Hall–Kier alpha value is -1.68. The van der Waals surface area contributed by atoms with Crippen LogP contribution in [0.15, 0.2) is 34.9 Å². The van der Waals surface area contributed by atoms with Gasteiger partial charge in [0, 0.05) is 6.54 Å². The molecular weight excluding hydrogens is 348 g/mol. The highest BCUT2D eigenvalue weighted by atomic mass is 16.2. The van der Waals surface area contributed by atoms with E-state index in [-0.39, 0.29) is 23.7 Å².